The molecule has 0 bridgehead atoms. The fourth-order valence-electron chi connectivity index (χ4n) is 2.04. The molecule has 110 valence electrons. The van der Waals surface area contributed by atoms with Crippen molar-refractivity contribution < 1.29 is 4.79 Å². The van der Waals surface area contributed by atoms with Crippen LogP contribution in [0.3, 0.4) is 0 Å². The summed E-state index contributed by atoms with van der Waals surface area (Å²) in [4.78, 5) is 16.3. The number of hydrazone groups is 1. The van der Waals surface area contributed by atoms with Crippen LogP contribution < -0.4 is 11.2 Å². The number of carbonyl (C=O) groups is 1. The standard InChI is InChI=1S/C16H14N4OS/c1-10-4-2-3-5-12(10)9-18-20-15(21)11-6-7-13-14(8-11)22-16(17)19-13/h2-9H,1H3,(H2,17,19)(H,20,21)/b18-9-. The highest BCUT2D eigenvalue weighted by Gasteiger charge is 2.07. The SMILES string of the molecule is Cc1ccccc1/C=N\NC(=O)c1ccc2nc(N)sc2c1. The summed E-state index contributed by atoms with van der Waals surface area (Å²) in [5.74, 6) is -0.265. The van der Waals surface area contributed by atoms with Gasteiger partial charge in [-0.15, -0.1) is 0 Å². The smallest absolute Gasteiger partial charge is 0.271 e. The Morgan fingerprint density at radius 3 is 2.95 bits per heavy atom. The number of carbonyl (C=O) groups excluding carboxylic acids is 1. The lowest BCUT2D eigenvalue weighted by molar-refractivity contribution is 0.0955. The van der Waals surface area contributed by atoms with Crippen LogP contribution in [-0.4, -0.2) is 17.1 Å². The summed E-state index contributed by atoms with van der Waals surface area (Å²) in [6.07, 6.45) is 1.64. The van der Waals surface area contributed by atoms with Crippen LogP contribution in [0.15, 0.2) is 47.6 Å². The van der Waals surface area contributed by atoms with Gasteiger partial charge in [-0.05, 0) is 36.2 Å². The number of nitrogens with two attached hydrogens (primary N) is 1. The molecule has 0 radical (unpaired) electrons. The van der Waals surface area contributed by atoms with Gasteiger partial charge in [0.15, 0.2) is 5.13 Å². The van der Waals surface area contributed by atoms with Gasteiger partial charge in [0.05, 0.1) is 16.4 Å². The number of fused-ring (bicyclic) bond motifs is 1. The van der Waals surface area contributed by atoms with Gasteiger partial charge < -0.3 is 5.73 Å². The maximum atomic E-state index is 12.1. The van der Waals surface area contributed by atoms with E-state index >= 15 is 0 Å². The van der Waals surface area contributed by atoms with Crippen LogP contribution in [-0.2, 0) is 0 Å². The lowest BCUT2D eigenvalue weighted by atomic mass is 10.1. The maximum absolute atomic E-state index is 12.1. The molecule has 0 spiro atoms. The van der Waals surface area contributed by atoms with Crippen LogP contribution >= 0.6 is 11.3 Å². The molecule has 22 heavy (non-hydrogen) atoms. The molecule has 3 N–H and O–H groups in total. The predicted octanol–water partition coefficient (Wildman–Crippen LogP) is 2.95. The van der Waals surface area contributed by atoms with Crippen molar-refractivity contribution in [3.05, 3.63) is 59.2 Å². The van der Waals surface area contributed by atoms with Gasteiger partial charge >= 0.3 is 0 Å². The summed E-state index contributed by atoms with van der Waals surface area (Å²) in [7, 11) is 0. The Morgan fingerprint density at radius 1 is 1.32 bits per heavy atom. The van der Waals surface area contributed by atoms with E-state index in [4.69, 9.17) is 5.73 Å². The van der Waals surface area contributed by atoms with Crippen molar-refractivity contribution >= 4 is 38.8 Å². The number of thiazole rings is 1. The highest BCUT2D eigenvalue weighted by atomic mass is 32.1. The molecular weight excluding hydrogens is 296 g/mol. The average Bonchev–Trinajstić information content (AvgIpc) is 2.88. The third-order valence-electron chi connectivity index (χ3n) is 3.23. The lowest BCUT2D eigenvalue weighted by Gasteiger charge is -2.01. The van der Waals surface area contributed by atoms with Crippen LogP contribution in [0.5, 0.6) is 0 Å². The molecule has 0 unspecified atom stereocenters. The van der Waals surface area contributed by atoms with Crippen molar-refractivity contribution in [2.75, 3.05) is 5.73 Å². The summed E-state index contributed by atoms with van der Waals surface area (Å²) in [6, 6.07) is 13.1. The zero-order valence-electron chi connectivity index (χ0n) is 11.9. The minimum atomic E-state index is -0.265. The van der Waals surface area contributed by atoms with E-state index in [1.807, 2.05) is 31.2 Å². The number of benzene rings is 2. The monoisotopic (exact) mass is 310 g/mol. The molecule has 0 aliphatic carbocycles. The number of nitrogens with one attached hydrogen (secondary N) is 1. The first kappa shape index (κ1) is 14.2. The Labute approximate surface area is 131 Å². The zero-order chi connectivity index (χ0) is 15.5. The minimum absolute atomic E-state index is 0.265. The largest absolute Gasteiger partial charge is 0.375 e. The zero-order valence-corrected chi connectivity index (χ0v) is 12.7. The van der Waals surface area contributed by atoms with E-state index in [9.17, 15) is 4.79 Å². The molecule has 1 amide bonds. The van der Waals surface area contributed by atoms with Crippen LogP contribution in [0.1, 0.15) is 21.5 Å². The van der Waals surface area contributed by atoms with Crippen molar-refractivity contribution in [2.24, 2.45) is 5.10 Å². The van der Waals surface area contributed by atoms with E-state index in [0.717, 1.165) is 21.3 Å². The first-order chi connectivity index (χ1) is 10.6. The fourth-order valence-corrected chi connectivity index (χ4v) is 2.81. The summed E-state index contributed by atoms with van der Waals surface area (Å²) >= 11 is 1.35. The second-order valence-electron chi connectivity index (χ2n) is 4.79. The van der Waals surface area contributed by atoms with E-state index in [1.54, 1.807) is 24.4 Å². The Balaban J connectivity index is 1.74. The molecule has 1 aromatic heterocycles. The van der Waals surface area contributed by atoms with Gasteiger partial charge in [-0.1, -0.05) is 35.6 Å². The van der Waals surface area contributed by atoms with Crippen LogP contribution in [0, 0.1) is 6.92 Å². The van der Waals surface area contributed by atoms with Crippen LogP contribution in [0.4, 0.5) is 5.13 Å². The molecule has 0 saturated carbocycles. The van der Waals surface area contributed by atoms with Gasteiger partial charge in [-0.25, -0.2) is 10.4 Å². The normalized spacial score (nSPS) is 11.1. The number of aromatic nitrogens is 1. The van der Waals surface area contributed by atoms with Gasteiger partial charge in [-0.2, -0.15) is 5.10 Å². The number of hydrogen-bond donors (Lipinski definition) is 2. The highest BCUT2D eigenvalue weighted by Crippen LogP contribution is 2.24. The quantitative estimate of drug-likeness (QED) is 0.576. The summed E-state index contributed by atoms with van der Waals surface area (Å²) in [5, 5.41) is 4.49. The Morgan fingerprint density at radius 2 is 2.14 bits per heavy atom. The van der Waals surface area contributed by atoms with Crippen molar-refractivity contribution in [1.82, 2.24) is 10.4 Å². The van der Waals surface area contributed by atoms with Gasteiger partial charge in [0.1, 0.15) is 0 Å². The Hall–Kier alpha value is -2.73. The molecule has 1 heterocycles. The summed E-state index contributed by atoms with van der Waals surface area (Å²) in [6.45, 7) is 1.99. The molecule has 2 aromatic carbocycles. The topological polar surface area (TPSA) is 80.4 Å². The Kier molecular flexibility index (Phi) is 3.84. The third kappa shape index (κ3) is 2.96. The molecule has 0 atom stereocenters. The molecule has 0 fully saturated rings. The molecule has 5 nitrogen and oxygen atoms in total. The number of rotatable bonds is 3. The molecule has 3 rings (SSSR count). The molecule has 0 saturated heterocycles. The third-order valence-corrected chi connectivity index (χ3v) is 4.07. The second-order valence-corrected chi connectivity index (χ2v) is 5.85. The van der Waals surface area contributed by atoms with Crippen LogP contribution in [0.2, 0.25) is 0 Å². The molecular formula is C16H14N4OS. The lowest BCUT2D eigenvalue weighted by Crippen LogP contribution is -2.17. The number of aryl methyl sites for hydroxylation is 1. The molecule has 0 aliphatic heterocycles. The van der Waals surface area contributed by atoms with Gasteiger partial charge in [0.25, 0.3) is 5.91 Å². The number of anilines is 1. The maximum Gasteiger partial charge on any atom is 0.271 e. The van der Waals surface area contributed by atoms with E-state index in [2.05, 4.69) is 15.5 Å². The number of hydrogen-bond acceptors (Lipinski definition) is 5. The summed E-state index contributed by atoms with van der Waals surface area (Å²) < 4.78 is 0.882. The van der Waals surface area contributed by atoms with Crippen molar-refractivity contribution in [1.29, 1.82) is 0 Å². The van der Waals surface area contributed by atoms with Crippen molar-refractivity contribution in [3.8, 4) is 0 Å². The first-order valence-electron chi connectivity index (χ1n) is 6.68. The first-order valence-corrected chi connectivity index (χ1v) is 7.50. The minimum Gasteiger partial charge on any atom is -0.375 e. The summed E-state index contributed by atoms with van der Waals surface area (Å²) in [5.41, 5.74) is 11.6. The van der Waals surface area contributed by atoms with E-state index in [-0.39, 0.29) is 5.91 Å². The van der Waals surface area contributed by atoms with Crippen molar-refractivity contribution in [2.45, 2.75) is 6.92 Å². The number of amides is 1. The number of nitrogen functional groups attached to an aromatic ring is 1. The predicted molar refractivity (Wildman–Crippen MR) is 90.3 cm³/mol. The van der Waals surface area contributed by atoms with E-state index in [0.29, 0.717) is 10.7 Å². The van der Waals surface area contributed by atoms with Gasteiger partial charge in [-0.3, -0.25) is 4.79 Å². The Bertz CT molecular complexity index is 869. The molecule has 0 aliphatic rings. The average molecular weight is 310 g/mol. The van der Waals surface area contributed by atoms with Crippen LogP contribution in [0.25, 0.3) is 10.2 Å². The van der Waals surface area contributed by atoms with Crippen molar-refractivity contribution in [3.63, 3.8) is 0 Å². The second kappa shape index (κ2) is 5.95. The van der Waals surface area contributed by atoms with Gasteiger partial charge in [0.2, 0.25) is 0 Å². The number of nitrogens with zero attached hydrogens (tertiary/aromatic N) is 2. The molecule has 6 heteroatoms. The fraction of sp³-hybridized carbons (Fsp3) is 0.0625. The highest BCUT2D eigenvalue weighted by molar-refractivity contribution is 7.22. The van der Waals surface area contributed by atoms with E-state index < -0.39 is 0 Å². The van der Waals surface area contributed by atoms with Gasteiger partial charge in [0, 0.05) is 5.56 Å². The molecule has 3 aromatic rings. The van der Waals surface area contributed by atoms with E-state index in [1.165, 1.54) is 11.3 Å².